The molecule has 1 aliphatic heterocycles. The predicted molar refractivity (Wildman–Crippen MR) is 179 cm³/mol. The molecule has 4 atom stereocenters. The van der Waals surface area contributed by atoms with Gasteiger partial charge in [-0.15, -0.1) is 0 Å². The van der Waals surface area contributed by atoms with Gasteiger partial charge >= 0.3 is 0 Å². The third-order valence-corrected chi connectivity index (χ3v) is 11.6. The molecule has 0 saturated carbocycles. The molecule has 2 aromatic rings. The Bertz CT molecular complexity index is 1310. The minimum absolute atomic E-state index is 0.0334. The number of fused-ring (bicyclic) bond motifs is 1. The lowest BCUT2D eigenvalue weighted by molar-refractivity contribution is -0.116. The van der Waals surface area contributed by atoms with E-state index in [9.17, 15) is 18.3 Å². The molecule has 1 amide bonds. The molecule has 240 valence electrons. The number of rotatable bonds is 15. The predicted octanol–water partition coefficient (Wildman–Crippen LogP) is 6.85. The highest BCUT2D eigenvalue weighted by atomic mass is 32.2. The van der Waals surface area contributed by atoms with E-state index in [0.717, 1.165) is 56.4 Å². The number of anilines is 2. The topological polar surface area (TPSA) is 90.0 Å². The minimum Gasteiger partial charge on any atom is -0.392 e. The first-order chi connectivity index (χ1) is 20.4. The van der Waals surface area contributed by atoms with Gasteiger partial charge in [0.25, 0.3) is 0 Å². The van der Waals surface area contributed by atoms with Gasteiger partial charge in [0.1, 0.15) is 0 Å². The van der Waals surface area contributed by atoms with Crippen LogP contribution in [0.25, 0.3) is 0 Å². The number of carbonyl (C=O) groups excluding carboxylic acids is 1. The van der Waals surface area contributed by atoms with Gasteiger partial charge in [0.15, 0.2) is 9.84 Å². The number of nitrogens with one attached hydrogen (secondary N) is 1. The van der Waals surface area contributed by atoms with E-state index < -0.39 is 27.3 Å². The van der Waals surface area contributed by atoms with Crippen molar-refractivity contribution in [3.63, 3.8) is 0 Å². The molecule has 2 aromatic carbocycles. The fourth-order valence-electron chi connectivity index (χ4n) is 6.59. The molecule has 0 spiro atoms. The summed E-state index contributed by atoms with van der Waals surface area (Å²) in [6, 6.07) is 13.6. The maximum Gasteiger partial charge on any atom is 0.224 e. The number of aliphatic hydroxyl groups excluding tert-OH is 1. The number of amides is 1. The molecule has 2 N–H and O–H groups in total. The average molecular weight is 614 g/mol. The van der Waals surface area contributed by atoms with Crippen molar-refractivity contribution in [3.05, 3.63) is 53.6 Å². The molecule has 1 unspecified atom stereocenters. The molecule has 43 heavy (non-hydrogen) atoms. The molecule has 1 aliphatic rings. The average Bonchev–Trinajstić information content (AvgIpc) is 3.05. The normalized spacial score (nSPS) is 22.1. The van der Waals surface area contributed by atoms with Crippen LogP contribution in [0, 0.1) is 5.41 Å². The summed E-state index contributed by atoms with van der Waals surface area (Å²) in [5.74, 6) is -0.666. The maximum atomic E-state index is 13.9. The van der Waals surface area contributed by atoms with Crippen LogP contribution in [0.5, 0.6) is 0 Å². The Morgan fingerprint density at radius 2 is 1.81 bits per heavy atom. The zero-order chi connectivity index (χ0) is 31.8. The number of nitrogens with zero attached hydrogens (tertiary/aromatic N) is 2. The minimum atomic E-state index is -3.65. The molecule has 3 rings (SSSR count). The first-order valence-electron chi connectivity index (χ1n) is 16.3. The fourth-order valence-corrected chi connectivity index (χ4v) is 8.84. The highest BCUT2D eigenvalue weighted by molar-refractivity contribution is 7.91. The SMILES string of the molecule is CCCC[C@]1(CC)CS(=O)(=O)c2ccc(N(C)C)cc2[C@@H](c2cccc(NC(=O)CCCCN(CC)C(C)CC)c2)[C@H]1O. The van der Waals surface area contributed by atoms with Gasteiger partial charge in [-0.05, 0) is 93.6 Å². The number of aliphatic hydroxyl groups is 1. The number of hydrogen-bond acceptors (Lipinski definition) is 6. The van der Waals surface area contributed by atoms with Crippen LogP contribution in [0.4, 0.5) is 11.4 Å². The molecule has 0 fully saturated rings. The van der Waals surface area contributed by atoms with Crippen molar-refractivity contribution >= 4 is 27.1 Å². The van der Waals surface area contributed by atoms with Gasteiger partial charge in [0, 0.05) is 49.3 Å². The number of sulfone groups is 1. The maximum absolute atomic E-state index is 13.9. The Morgan fingerprint density at radius 1 is 1.07 bits per heavy atom. The van der Waals surface area contributed by atoms with Crippen molar-refractivity contribution in [1.82, 2.24) is 4.90 Å². The Kier molecular flexibility index (Phi) is 12.7. The van der Waals surface area contributed by atoms with E-state index in [2.05, 4.69) is 37.9 Å². The lowest BCUT2D eigenvalue weighted by atomic mass is 9.69. The van der Waals surface area contributed by atoms with E-state index in [4.69, 9.17) is 0 Å². The van der Waals surface area contributed by atoms with Crippen LogP contribution in [0.2, 0.25) is 0 Å². The highest BCUT2D eigenvalue weighted by Gasteiger charge is 2.49. The Balaban J connectivity index is 1.93. The van der Waals surface area contributed by atoms with Crippen molar-refractivity contribution in [2.24, 2.45) is 5.41 Å². The Labute approximate surface area is 261 Å². The van der Waals surface area contributed by atoms with Crippen LogP contribution < -0.4 is 10.2 Å². The zero-order valence-corrected chi connectivity index (χ0v) is 28.3. The largest absolute Gasteiger partial charge is 0.392 e. The summed E-state index contributed by atoms with van der Waals surface area (Å²) >= 11 is 0. The summed E-state index contributed by atoms with van der Waals surface area (Å²) in [5, 5.41) is 15.3. The highest BCUT2D eigenvalue weighted by Crippen LogP contribution is 2.49. The summed E-state index contributed by atoms with van der Waals surface area (Å²) in [5.41, 5.74) is 2.19. The smallest absolute Gasteiger partial charge is 0.224 e. The summed E-state index contributed by atoms with van der Waals surface area (Å²) in [6.07, 6.45) is 5.39. The Morgan fingerprint density at radius 3 is 2.44 bits per heavy atom. The van der Waals surface area contributed by atoms with Crippen LogP contribution in [0.15, 0.2) is 47.4 Å². The second-order valence-corrected chi connectivity index (χ2v) is 14.6. The van der Waals surface area contributed by atoms with Crippen molar-refractivity contribution in [1.29, 1.82) is 0 Å². The van der Waals surface area contributed by atoms with Gasteiger partial charge in [0.05, 0.1) is 16.8 Å². The van der Waals surface area contributed by atoms with E-state index >= 15 is 0 Å². The van der Waals surface area contributed by atoms with E-state index in [1.165, 1.54) is 0 Å². The first kappa shape index (κ1) is 35.1. The standard InChI is InChI=1S/C35H55N3O4S/c1-8-12-21-35(10-3)25-43(41,42)31-20-19-29(37(6)7)24-30(31)33(34(35)40)27-16-15-17-28(23-27)36-32(39)18-13-14-22-38(11-4)26(5)9-2/h15-17,19-20,23-24,26,33-34,40H,8-14,18,21-22,25H2,1-7H3,(H,36,39)/t26?,33-,34-,35-/m1/s1. The molecule has 1 heterocycles. The van der Waals surface area contributed by atoms with Crippen LogP contribution in [0.1, 0.15) is 103 Å². The molecule has 8 heteroatoms. The first-order valence-corrected chi connectivity index (χ1v) is 17.9. The quantitative estimate of drug-likeness (QED) is 0.214. The number of benzene rings is 2. The lowest BCUT2D eigenvalue weighted by Gasteiger charge is -2.39. The van der Waals surface area contributed by atoms with Gasteiger partial charge in [-0.25, -0.2) is 8.42 Å². The monoisotopic (exact) mass is 613 g/mol. The number of hydrogen-bond donors (Lipinski definition) is 2. The molecule has 0 aliphatic carbocycles. The lowest BCUT2D eigenvalue weighted by Crippen LogP contribution is -2.42. The van der Waals surface area contributed by atoms with E-state index in [0.29, 0.717) is 41.5 Å². The number of carbonyl (C=O) groups is 1. The number of unbranched alkanes of at least 4 members (excludes halogenated alkanes) is 2. The van der Waals surface area contributed by atoms with Crippen LogP contribution in [-0.2, 0) is 14.6 Å². The van der Waals surface area contributed by atoms with Crippen molar-refractivity contribution in [2.75, 3.05) is 43.2 Å². The van der Waals surface area contributed by atoms with Crippen LogP contribution in [0.3, 0.4) is 0 Å². The van der Waals surface area contributed by atoms with E-state index in [1.807, 2.05) is 62.3 Å². The second-order valence-electron chi connectivity index (χ2n) is 12.6. The summed E-state index contributed by atoms with van der Waals surface area (Å²) < 4.78 is 27.8. The molecule has 7 nitrogen and oxygen atoms in total. The fraction of sp³-hybridized carbons (Fsp3) is 0.629. The third-order valence-electron chi connectivity index (χ3n) is 9.58. The van der Waals surface area contributed by atoms with Crippen LogP contribution >= 0.6 is 0 Å². The van der Waals surface area contributed by atoms with Crippen molar-refractivity contribution in [3.8, 4) is 0 Å². The molecule has 0 radical (unpaired) electrons. The third kappa shape index (κ3) is 8.40. The summed E-state index contributed by atoms with van der Waals surface area (Å²) in [4.78, 5) is 17.6. The molecule has 0 aromatic heterocycles. The van der Waals surface area contributed by atoms with Crippen molar-refractivity contribution < 1.29 is 18.3 Å². The molecule has 0 bridgehead atoms. The van der Waals surface area contributed by atoms with E-state index in [1.54, 1.807) is 6.07 Å². The molecular weight excluding hydrogens is 558 g/mol. The van der Waals surface area contributed by atoms with Crippen LogP contribution in [-0.4, -0.2) is 69.4 Å². The van der Waals surface area contributed by atoms with Gasteiger partial charge < -0.3 is 20.2 Å². The van der Waals surface area contributed by atoms with Gasteiger partial charge in [-0.3, -0.25) is 4.79 Å². The van der Waals surface area contributed by atoms with Gasteiger partial charge in [0.2, 0.25) is 5.91 Å². The summed E-state index contributed by atoms with van der Waals surface area (Å²) in [7, 11) is 0.200. The van der Waals surface area contributed by atoms with Crippen molar-refractivity contribution in [2.45, 2.75) is 109 Å². The molecular formula is C35H55N3O4S. The van der Waals surface area contributed by atoms with Gasteiger partial charge in [-0.2, -0.15) is 0 Å². The second kappa shape index (κ2) is 15.5. The van der Waals surface area contributed by atoms with Gasteiger partial charge in [-0.1, -0.05) is 52.7 Å². The Hall–Kier alpha value is -2.42. The van der Waals surface area contributed by atoms with E-state index in [-0.39, 0.29) is 11.7 Å². The zero-order valence-electron chi connectivity index (χ0n) is 27.5. The molecule has 0 saturated heterocycles. The summed E-state index contributed by atoms with van der Waals surface area (Å²) in [6.45, 7) is 12.7.